The van der Waals surface area contributed by atoms with Gasteiger partial charge in [-0.1, -0.05) is 17.7 Å². The highest BCUT2D eigenvalue weighted by atomic mass is 35.5. The van der Waals surface area contributed by atoms with Crippen LogP contribution in [0.5, 0.6) is 5.75 Å². The van der Waals surface area contributed by atoms with Crippen LogP contribution in [0.4, 0.5) is 0 Å². The van der Waals surface area contributed by atoms with Gasteiger partial charge in [0.25, 0.3) is 0 Å². The lowest BCUT2D eigenvalue weighted by Crippen LogP contribution is -1.98. The molecule has 0 saturated carbocycles. The number of ether oxygens (including phenoxy) is 1. The van der Waals surface area contributed by atoms with Crippen LogP contribution in [0.1, 0.15) is 11.1 Å². The Balaban J connectivity index is 3.18. The second kappa shape index (κ2) is 3.78. The van der Waals surface area contributed by atoms with Crippen LogP contribution in [0.3, 0.4) is 0 Å². The molecule has 0 aliphatic rings. The Kier molecular flexibility index (Phi) is 2.95. The van der Waals surface area contributed by atoms with Gasteiger partial charge in [-0.3, -0.25) is 0 Å². The van der Waals surface area contributed by atoms with Crippen molar-refractivity contribution in [3.63, 3.8) is 0 Å². The number of rotatable bonds is 2. The summed E-state index contributed by atoms with van der Waals surface area (Å²) < 4.78 is 5.10. The number of aryl methyl sites for hydroxylation is 1. The standard InChI is InChI=1S/C9H12ClNO/c1-6-3-7(5-11)4-8(10)9(6)12-2/h3-4H,5,11H2,1-2H3. The first-order chi connectivity index (χ1) is 5.69. The lowest BCUT2D eigenvalue weighted by Gasteiger charge is -2.08. The molecule has 1 aromatic carbocycles. The van der Waals surface area contributed by atoms with E-state index < -0.39 is 0 Å². The van der Waals surface area contributed by atoms with Crippen molar-refractivity contribution in [3.05, 3.63) is 28.3 Å². The van der Waals surface area contributed by atoms with Gasteiger partial charge in [-0.25, -0.2) is 0 Å². The summed E-state index contributed by atoms with van der Waals surface area (Å²) in [5.74, 6) is 0.730. The first kappa shape index (κ1) is 9.36. The fourth-order valence-electron chi connectivity index (χ4n) is 1.18. The van der Waals surface area contributed by atoms with E-state index in [0.717, 1.165) is 16.9 Å². The molecule has 0 spiro atoms. The van der Waals surface area contributed by atoms with Crippen molar-refractivity contribution in [3.8, 4) is 5.75 Å². The van der Waals surface area contributed by atoms with E-state index >= 15 is 0 Å². The Hall–Kier alpha value is -0.730. The molecule has 66 valence electrons. The van der Waals surface area contributed by atoms with E-state index in [1.165, 1.54) is 0 Å². The minimum Gasteiger partial charge on any atom is -0.495 e. The van der Waals surface area contributed by atoms with Gasteiger partial charge in [0, 0.05) is 6.54 Å². The zero-order valence-electron chi connectivity index (χ0n) is 7.23. The van der Waals surface area contributed by atoms with Gasteiger partial charge >= 0.3 is 0 Å². The van der Waals surface area contributed by atoms with Crippen LogP contribution >= 0.6 is 11.6 Å². The number of hydrogen-bond acceptors (Lipinski definition) is 2. The molecule has 2 N–H and O–H groups in total. The summed E-state index contributed by atoms with van der Waals surface area (Å²) in [5, 5.41) is 0.623. The molecule has 0 heterocycles. The summed E-state index contributed by atoms with van der Waals surface area (Å²) >= 11 is 5.93. The van der Waals surface area contributed by atoms with Gasteiger partial charge in [-0.2, -0.15) is 0 Å². The van der Waals surface area contributed by atoms with Crippen molar-refractivity contribution in [1.29, 1.82) is 0 Å². The van der Waals surface area contributed by atoms with Gasteiger partial charge in [0.2, 0.25) is 0 Å². The molecule has 0 fully saturated rings. The van der Waals surface area contributed by atoms with Crippen LogP contribution in [-0.4, -0.2) is 7.11 Å². The molecule has 0 amide bonds. The van der Waals surface area contributed by atoms with Crippen LogP contribution in [0.25, 0.3) is 0 Å². The molecule has 0 bridgehead atoms. The molecule has 2 nitrogen and oxygen atoms in total. The van der Waals surface area contributed by atoms with E-state index in [9.17, 15) is 0 Å². The number of methoxy groups -OCH3 is 1. The normalized spacial score (nSPS) is 10.0. The van der Waals surface area contributed by atoms with Crippen molar-refractivity contribution < 1.29 is 4.74 Å². The Morgan fingerprint density at radius 3 is 2.58 bits per heavy atom. The van der Waals surface area contributed by atoms with E-state index in [4.69, 9.17) is 22.1 Å². The minimum absolute atomic E-state index is 0.505. The predicted octanol–water partition coefficient (Wildman–Crippen LogP) is 2.12. The van der Waals surface area contributed by atoms with Gasteiger partial charge in [-0.05, 0) is 24.1 Å². The Labute approximate surface area is 77.3 Å². The molecule has 3 heteroatoms. The summed E-state index contributed by atoms with van der Waals surface area (Å²) in [6, 6.07) is 3.80. The highest BCUT2D eigenvalue weighted by molar-refractivity contribution is 6.32. The third-order valence-corrected chi connectivity index (χ3v) is 2.01. The maximum Gasteiger partial charge on any atom is 0.140 e. The zero-order chi connectivity index (χ0) is 9.14. The molecule has 0 saturated heterocycles. The van der Waals surface area contributed by atoms with E-state index in [0.29, 0.717) is 11.6 Å². The summed E-state index contributed by atoms with van der Waals surface area (Å²) in [7, 11) is 1.61. The van der Waals surface area contributed by atoms with Crippen LogP contribution in [-0.2, 0) is 6.54 Å². The maximum absolute atomic E-state index is 5.93. The fourth-order valence-corrected chi connectivity index (χ4v) is 1.54. The molecule has 0 aliphatic carbocycles. The fraction of sp³-hybridized carbons (Fsp3) is 0.333. The van der Waals surface area contributed by atoms with Gasteiger partial charge in [0.05, 0.1) is 12.1 Å². The monoisotopic (exact) mass is 185 g/mol. The lowest BCUT2D eigenvalue weighted by atomic mass is 10.1. The second-order valence-electron chi connectivity index (χ2n) is 2.63. The van der Waals surface area contributed by atoms with E-state index in [1.807, 2.05) is 19.1 Å². The summed E-state index contributed by atoms with van der Waals surface area (Å²) in [6.45, 7) is 2.45. The summed E-state index contributed by atoms with van der Waals surface area (Å²) in [6.07, 6.45) is 0. The smallest absolute Gasteiger partial charge is 0.140 e. The number of hydrogen-bond donors (Lipinski definition) is 1. The SMILES string of the molecule is COc1c(C)cc(CN)cc1Cl. The van der Waals surface area contributed by atoms with Crippen molar-refractivity contribution in [1.82, 2.24) is 0 Å². The van der Waals surface area contributed by atoms with Crippen LogP contribution in [0.2, 0.25) is 5.02 Å². The van der Waals surface area contributed by atoms with Gasteiger partial charge in [-0.15, -0.1) is 0 Å². The highest BCUT2D eigenvalue weighted by Gasteiger charge is 2.05. The van der Waals surface area contributed by atoms with Crippen LogP contribution in [0.15, 0.2) is 12.1 Å². The van der Waals surface area contributed by atoms with Gasteiger partial charge in [0.15, 0.2) is 0 Å². The Morgan fingerprint density at radius 2 is 2.17 bits per heavy atom. The molecule has 12 heavy (non-hydrogen) atoms. The maximum atomic E-state index is 5.93. The molecule has 1 aromatic rings. The number of halogens is 1. The highest BCUT2D eigenvalue weighted by Crippen LogP contribution is 2.29. The molecule has 1 rings (SSSR count). The zero-order valence-corrected chi connectivity index (χ0v) is 7.98. The average Bonchev–Trinajstić information content (AvgIpc) is 2.03. The molecule has 0 aliphatic heterocycles. The number of nitrogens with two attached hydrogens (primary N) is 1. The largest absolute Gasteiger partial charge is 0.495 e. The van der Waals surface area contributed by atoms with E-state index in [-0.39, 0.29) is 0 Å². The first-order valence-corrected chi connectivity index (χ1v) is 4.10. The van der Waals surface area contributed by atoms with Crippen molar-refractivity contribution in [2.75, 3.05) is 7.11 Å². The third-order valence-electron chi connectivity index (χ3n) is 1.73. The topological polar surface area (TPSA) is 35.2 Å². The van der Waals surface area contributed by atoms with Crippen LogP contribution in [0, 0.1) is 6.92 Å². The summed E-state index contributed by atoms with van der Waals surface area (Å²) in [5.41, 5.74) is 7.52. The quantitative estimate of drug-likeness (QED) is 0.766. The van der Waals surface area contributed by atoms with Gasteiger partial charge < -0.3 is 10.5 Å². The molecule has 0 radical (unpaired) electrons. The predicted molar refractivity (Wildman–Crippen MR) is 50.6 cm³/mol. The molecular weight excluding hydrogens is 174 g/mol. The van der Waals surface area contributed by atoms with E-state index in [2.05, 4.69) is 0 Å². The molecule has 0 unspecified atom stereocenters. The second-order valence-corrected chi connectivity index (χ2v) is 3.04. The Bertz CT molecular complexity index is 263. The van der Waals surface area contributed by atoms with Crippen molar-refractivity contribution in [2.45, 2.75) is 13.5 Å². The molecule has 0 aromatic heterocycles. The molecular formula is C9H12ClNO. The first-order valence-electron chi connectivity index (χ1n) is 3.72. The van der Waals surface area contributed by atoms with Gasteiger partial charge in [0.1, 0.15) is 5.75 Å². The molecule has 0 atom stereocenters. The Morgan fingerprint density at radius 1 is 1.50 bits per heavy atom. The van der Waals surface area contributed by atoms with Crippen molar-refractivity contribution in [2.24, 2.45) is 5.73 Å². The lowest BCUT2D eigenvalue weighted by molar-refractivity contribution is 0.412. The number of benzene rings is 1. The summed E-state index contributed by atoms with van der Waals surface area (Å²) in [4.78, 5) is 0. The minimum atomic E-state index is 0.505. The average molecular weight is 186 g/mol. The van der Waals surface area contributed by atoms with Crippen LogP contribution < -0.4 is 10.5 Å². The third kappa shape index (κ3) is 1.71. The van der Waals surface area contributed by atoms with E-state index in [1.54, 1.807) is 7.11 Å². The van der Waals surface area contributed by atoms with Crippen molar-refractivity contribution >= 4 is 11.6 Å².